The molecule has 6 heteroatoms. The molecule has 0 saturated carbocycles. The highest BCUT2D eigenvalue weighted by Crippen LogP contribution is 2.32. The molecule has 1 heterocycles. The molecule has 3 rings (SSSR count). The molecule has 108 valence electrons. The van der Waals surface area contributed by atoms with Gasteiger partial charge in [0, 0.05) is 5.56 Å². The molecule has 0 amide bonds. The molecule has 0 atom stereocenters. The van der Waals surface area contributed by atoms with Crippen LogP contribution in [0.2, 0.25) is 0 Å². The first-order valence-electron chi connectivity index (χ1n) is 6.68. The molecular formula is C15H13IN2O3. The summed E-state index contributed by atoms with van der Waals surface area (Å²) in [5.41, 5.74) is 2.28. The number of hydrogen-bond acceptors (Lipinski definition) is 4. The van der Waals surface area contributed by atoms with E-state index in [4.69, 9.17) is 9.84 Å². The zero-order valence-corrected chi connectivity index (χ0v) is 13.3. The van der Waals surface area contributed by atoms with Crippen molar-refractivity contribution in [1.82, 2.24) is 9.97 Å². The van der Waals surface area contributed by atoms with E-state index in [1.165, 1.54) is 12.4 Å². The molecule has 1 aliphatic rings. The number of aromatic nitrogens is 2. The molecule has 0 fully saturated rings. The number of carboxylic acid groups (broad SMARTS) is 1. The van der Waals surface area contributed by atoms with E-state index in [2.05, 4.69) is 32.6 Å². The first-order chi connectivity index (χ1) is 10.1. The smallest absolute Gasteiger partial charge is 0.335 e. The monoisotopic (exact) mass is 396 g/mol. The molecule has 1 N–H and O–H groups in total. The predicted octanol–water partition coefficient (Wildman–Crippen LogP) is 3.45. The van der Waals surface area contributed by atoms with Gasteiger partial charge in [0.1, 0.15) is 12.1 Å². The number of aryl methyl sites for hydroxylation is 1. The number of hydrogen-bond donors (Lipinski definition) is 1. The van der Waals surface area contributed by atoms with Crippen LogP contribution in [0.25, 0.3) is 0 Å². The number of carbonyl (C=O) groups is 1. The Bertz CT molecular complexity index is 703. The molecular weight excluding hydrogens is 383 g/mol. The van der Waals surface area contributed by atoms with Crippen molar-refractivity contribution in [1.29, 1.82) is 0 Å². The van der Waals surface area contributed by atoms with Crippen LogP contribution in [0.1, 0.15) is 34.5 Å². The average Bonchev–Trinajstić information content (AvgIpc) is 2.49. The Morgan fingerprint density at radius 2 is 2.05 bits per heavy atom. The van der Waals surface area contributed by atoms with Crippen LogP contribution >= 0.6 is 22.6 Å². The summed E-state index contributed by atoms with van der Waals surface area (Å²) in [6, 6.07) is 4.82. The molecule has 0 spiro atoms. The third kappa shape index (κ3) is 2.99. The minimum Gasteiger partial charge on any atom is -0.478 e. The van der Waals surface area contributed by atoms with Crippen LogP contribution in [0.3, 0.4) is 0 Å². The van der Waals surface area contributed by atoms with Gasteiger partial charge in [0.2, 0.25) is 5.88 Å². The quantitative estimate of drug-likeness (QED) is 0.805. The lowest BCUT2D eigenvalue weighted by molar-refractivity contribution is 0.0696. The van der Waals surface area contributed by atoms with Gasteiger partial charge in [0.05, 0.1) is 14.8 Å². The fourth-order valence-corrected chi connectivity index (χ4v) is 2.84. The minimum atomic E-state index is -0.971. The summed E-state index contributed by atoms with van der Waals surface area (Å²) in [6.07, 6.45) is 5.59. The van der Waals surface area contributed by atoms with Gasteiger partial charge in [-0.15, -0.1) is 0 Å². The Hall–Kier alpha value is -1.70. The number of rotatable bonds is 3. The number of ether oxygens (including phenoxy) is 1. The van der Waals surface area contributed by atoms with Crippen molar-refractivity contribution in [2.24, 2.45) is 0 Å². The van der Waals surface area contributed by atoms with Crippen LogP contribution in [0.5, 0.6) is 11.6 Å². The highest BCUT2D eigenvalue weighted by atomic mass is 127. The van der Waals surface area contributed by atoms with Gasteiger partial charge in [-0.2, -0.15) is 0 Å². The topological polar surface area (TPSA) is 72.3 Å². The molecule has 0 bridgehead atoms. The Morgan fingerprint density at radius 3 is 2.86 bits per heavy atom. The van der Waals surface area contributed by atoms with E-state index in [0.29, 0.717) is 11.6 Å². The normalized spacial score (nSPS) is 13.6. The second-order valence-electron chi connectivity index (χ2n) is 4.86. The summed E-state index contributed by atoms with van der Waals surface area (Å²) in [5, 5.41) is 9.07. The van der Waals surface area contributed by atoms with Crippen molar-refractivity contribution in [3.05, 3.63) is 44.9 Å². The molecule has 0 unspecified atom stereocenters. The summed E-state index contributed by atoms with van der Waals surface area (Å²) < 4.78 is 6.72. The minimum absolute atomic E-state index is 0.202. The number of benzene rings is 1. The van der Waals surface area contributed by atoms with Crippen molar-refractivity contribution >= 4 is 28.6 Å². The summed E-state index contributed by atoms with van der Waals surface area (Å²) in [5.74, 6) is 0.0862. The highest BCUT2D eigenvalue weighted by molar-refractivity contribution is 14.1. The zero-order valence-electron chi connectivity index (χ0n) is 11.2. The molecule has 0 radical (unpaired) electrons. The third-order valence-electron chi connectivity index (χ3n) is 3.47. The number of carboxylic acids is 1. The van der Waals surface area contributed by atoms with Gasteiger partial charge in [-0.3, -0.25) is 0 Å². The average molecular weight is 396 g/mol. The van der Waals surface area contributed by atoms with Gasteiger partial charge in [-0.1, -0.05) is 0 Å². The Balaban J connectivity index is 1.97. The van der Waals surface area contributed by atoms with E-state index in [0.717, 1.165) is 40.5 Å². The van der Waals surface area contributed by atoms with Gasteiger partial charge in [-0.05, 0) is 66.5 Å². The lowest BCUT2D eigenvalue weighted by Crippen LogP contribution is -2.08. The van der Waals surface area contributed by atoms with Crippen molar-refractivity contribution < 1.29 is 14.6 Å². The Kier molecular flexibility index (Phi) is 4.05. The number of fused-ring (bicyclic) bond motifs is 1. The van der Waals surface area contributed by atoms with E-state index in [-0.39, 0.29) is 5.56 Å². The standard InChI is InChI=1S/C15H13IN2O3/c16-11-6-5-9(15(19)20)7-13(11)21-14-10-3-1-2-4-12(10)17-8-18-14/h5-8H,1-4H2,(H,19,20). The lowest BCUT2D eigenvalue weighted by Gasteiger charge is -2.17. The second-order valence-corrected chi connectivity index (χ2v) is 6.03. The van der Waals surface area contributed by atoms with Crippen LogP contribution in [-0.2, 0) is 12.8 Å². The van der Waals surface area contributed by atoms with E-state index in [1.807, 2.05) is 0 Å². The fraction of sp³-hybridized carbons (Fsp3) is 0.267. The molecule has 0 aliphatic heterocycles. The van der Waals surface area contributed by atoms with Crippen molar-refractivity contribution in [3.63, 3.8) is 0 Å². The molecule has 21 heavy (non-hydrogen) atoms. The summed E-state index contributed by atoms with van der Waals surface area (Å²) in [7, 11) is 0. The predicted molar refractivity (Wildman–Crippen MR) is 84.9 cm³/mol. The lowest BCUT2D eigenvalue weighted by atomic mass is 9.97. The SMILES string of the molecule is O=C(O)c1ccc(I)c(Oc2ncnc3c2CCCC3)c1. The van der Waals surface area contributed by atoms with Crippen molar-refractivity contribution in [3.8, 4) is 11.6 Å². The maximum absolute atomic E-state index is 11.1. The first kappa shape index (κ1) is 14.2. The number of halogens is 1. The maximum atomic E-state index is 11.1. The van der Waals surface area contributed by atoms with Gasteiger partial charge in [0.15, 0.2) is 0 Å². The summed E-state index contributed by atoms with van der Waals surface area (Å²) in [6.45, 7) is 0. The maximum Gasteiger partial charge on any atom is 0.335 e. The molecule has 5 nitrogen and oxygen atoms in total. The van der Waals surface area contributed by atoms with Gasteiger partial charge >= 0.3 is 5.97 Å². The van der Waals surface area contributed by atoms with Crippen molar-refractivity contribution in [2.45, 2.75) is 25.7 Å². The highest BCUT2D eigenvalue weighted by Gasteiger charge is 2.18. The molecule has 0 saturated heterocycles. The van der Waals surface area contributed by atoms with E-state index in [9.17, 15) is 4.79 Å². The molecule has 1 aromatic heterocycles. The fourth-order valence-electron chi connectivity index (χ4n) is 2.40. The first-order valence-corrected chi connectivity index (χ1v) is 7.76. The van der Waals surface area contributed by atoms with Crippen LogP contribution in [0.15, 0.2) is 24.5 Å². The van der Waals surface area contributed by atoms with Gasteiger partial charge in [-0.25, -0.2) is 14.8 Å². The second kappa shape index (κ2) is 5.97. The molecule has 1 aromatic carbocycles. The van der Waals surface area contributed by atoms with Gasteiger partial charge in [0.25, 0.3) is 0 Å². The largest absolute Gasteiger partial charge is 0.478 e. The van der Waals surface area contributed by atoms with E-state index in [1.54, 1.807) is 12.1 Å². The molecule has 2 aromatic rings. The van der Waals surface area contributed by atoms with Crippen LogP contribution in [0.4, 0.5) is 0 Å². The molecule has 1 aliphatic carbocycles. The Labute approximate surface area is 135 Å². The van der Waals surface area contributed by atoms with Crippen LogP contribution in [-0.4, -0.2) is 21.0 Å². The number of aromatic carboxylic acids is 1. The van der Waals surface area contributed by atoms with Crippen LogP contribution in [0, 0.1) is 3.57 Å². The van der Waals surface area contributed by atoms with Gasteiger partial charge < -0.3 is 9.84 Å². The van der Waals surface area contributed by atoms with E-state index < -0.39 is 5.97 Å². The summed E-state index contributed by atoms with van der Waals surface area (Å²) >= 11 is 2.12. The van der Waals surface area contributed by atoms with Crippen LogP contribution < -0.4 is 4.74 Å². The third-order valence-corrected chi connectivity index (χ3v) is 4.36. The van der Waals surface area contributed by atoms with Crippen molar-refractivity contribution in [2.75, 3.05) is 0 Å². The number of nitrogens with zero attached hydrogens (tertiary/aromatic N) is 2. The Morgan fingerprint density at radius 1 is 1.24 bits per heavy atom. The zero-order chi connectivity index (χ0) is 14.8. The van der Waals surface area contributed by atoms with E-state index >= 15 is 0 Å². The summed E-state index contributed by atoms with van der Waals surface area (Å²) in [4.78, 5) is 19.6.